The number of nitrogens with zero attached hydrogens (tertiary/aromatic N) is 3. The first kappa shape index (κ1) is 17.5. The highest BCUT2D eigenvalue weighted by Crippen LogP contribution is 2.19. The van der Waals surface area contributed by atoms with Crippen LogP contribution in [0.2, 0.25) is 0 Å². The van der Waals surface area contributed by atoms with Crippen molar-refractivity contribution in [1.29, 1.82) is 5.26 Å². The molecule has 0 spiro atoms. The van der Waals surface area contributed by atoms with Crippen LogP contribution in [0, 0.1) is 11.3 Å². The zero-order valence-electron chi connectivity index (χ0n) is 14.5. The van der Waals surface area contributed by atoms with E-state index in [-0.39, 0.29) is 12.1 Å². The Morgan fingerprint density at radius 3 is 2.81 bits per heavy atom. The SMILES string of the molecule is COc1ccc(CCNC(=O)N2CC(Oc3ncccc3C#N)C2)cc1. The lowest BCUT2D eigenvalue weighted by Crippen LogP contribution is -2.59. The maximum atomic E-state index is 12.1. The van der Waals surface area contributed by atoms with Crippen molar-refractivity contribution in [2.45, 2.75) is 12.5 Å². The molecule has 1 N–H and O–H groups in total. The molecular formula is C19H20N4O3. The van der Waals surface area contributed by atoms with E-state index in [1.165, 1.54) is 0 Å². The van der Waals surface area contributed by atoms with E-state index in [2.05, 4.69) is 10.3 Å². The Balaban J connectivity index is 1.38. The summed E-state index contributed by atoms with van der Waals surface area (Å²) in [4.78, 5) is 17.8. The number of hydrogen-bond acceptors (Lipinski definition) is 5. The second kappa shape index (κ2) is 8.21. The Morgan fingerprint density at radius 2 is 2.12 bits per heavy atom. The lowest BCUT2D eigenvalue weighted by Gasteiger charge is -2.38. The number of carbonyl (C=O) groups is 1. The minimum atomic E-state index is -0.135. The van der Waals surface area contributed by atoms with Crippen molar-refractivity contribution >= 4 is 6.03 Å². The van der Waals surface area contributed by atoms with Crippen LogP contribution < -0.4 is 14.8 Å². The molecule has 0 aliphatic carbocycles. The molecule has 1 aromatic carbocycles. The molecule has 1 saturated heterocycles. The topological polar surface area (TPSA) is 87.5 Å². The molecule has 3 rings (SSSR count). The molecule has 0 atom stereocenters. The minimum absolute atomic E-state index is 0.111. The van der Waals surface area contributed by atoms with Gasteiger partial charge >= 0.3 is 6.03 Å². The zero-order valence-corrected chi connectivity index (χ0v) is 14.5. The van der Waals surface area contributed by atoms with Gasteiger partial charge < -0.3 is 19.7 Å². The van der Waals surface area contributed by atoms with Crippen molar-refractivity contribution in [3.63, 3.8) is 0 Å². The van der Waals surface area contributed by atoms with Gasteiger partial charge in [-0.15, -0.1) is 0 Å². The van der Waals surface area contributed by atoms with Crippen LogP contribution in [0.15, 0.2) is 42.6 Å². The number of urea groups is 1. The minimum Gasteiger partial charge on any atom is -0.497 e. The summed E-state index contributed by atoms with van der Waals surface area (Å²) in [7, 11) is 1.63. The summed E-state index contributed by atoms with van der Waals surface area (Å²) in [5, 5.41) is 11.9. The van der Waals surface area contributed by atoms with Gasteiger partial charge in [0, 0.05) is 12.7 Å². The van der Waals surface area contributed by atoms with Crippen LogP contribution in [0.25, 0.3) is 0 Å². The molecule has 1 aliphatic heterocycles. The van der Waals surface area contributed by atoms with Gasteiger partial charge in [-0.1, -0.05) is 12.1 Å². The fourth-order valence-electron chi connectivity index (χ4n) is 2.62. The van der Waals surface area contributed by atoms with E-state index in [1.807, 2.05) is 30.3 Å². The van der Waals surface area contributed by atoms with E-state index in [4.69, 9.17) is 14.7 Å². The summed E-state index contributed by atoms with van der Waals surface area (Å²) in [5.74, 6) is 1.14. The highest BCUT2D eigenvalue weighted by Gasteiger charge is 2.32. The van der Waals surface area contributed by atoms with E-state index in [0.29, 0.717) is 31.1 Å². The molecule has 0 saturated carbocycles. The van der Waals surface area contributed by atoms with Crippen molar-refractivity contribution < 1.29 is 14.3 Å². The van der Waals surface area contributed by atoms with Crippen LogP contribution in [0.3, 0.4) is 0 Å². The Kier molecular flexibility index (Phi) is 5.54. The van der Waals surface area contributed by atoms with Gasteiger partial charge in [0.2, 0.25) is 5.88 Å². The Bertz CT molecular complexity index is 795. The Hall–Kier alpha value is -3.27. The van der Waals surface area contributed by atoms with Gasteiger partial charge in [-0.3, -0.25) is 0 Å². The van der Waals surface area contributed by atoms with E-state index >= 15 is 0 Å². The standard InChI is InChI=1S/C19H20N4O3/c1-25-16-6-4-14(5-7-16)8-10-22-19(24)23-12-17(13-23)26-18-15(11-20)3-2-9-21-18/h2-7,9,17H,8,10,12-13H2,1H3,(H,22,24). The number of likely N-dealkylation sites (tertiary alicyclic amines) is 1. The first-order valence-electron chi connectivity index (χ1n) is 8.37. The van der Waals surface area contributed by atoms with Crippen LogP contribution in [-0.4, -0.2) is 48.8 Å². The number of carbonyl (C=O) groups excluding carboxylic acids is 1. The molecule has 2 amide bonds. The van der Waals surface area contributed by atoms with Crippen LogP contribution in [0.5, 0.6) is 11.6 Å². The summed E-state index contributed by atoms with van der Waals surface area (Å²) in [5.41, 5.74) is 1.53. The number of hydrogen-bond donors (Lipinski definition) is 1. The van der Waals surface area contributed by atoms with Crippen molar-refractivity contribution in [1.82, 2.24) is 15.2 Å². The quantitative estimate of drug-likeness (QED) is 0.859. The predicted molar refractivity (Wildman–Crippen MR) is 95.0 cm³/mol. The van der Waals surface area contributed by atoms with E-state index < -0.39 is 0 Å². The molecule has 0 bridgehead atoms. The molecule has 1 aliphatic rings. The summed E-state index contributed by atoms with van der Waals surface area (Å²) in [6.45, 7) is 1.53. The fourth-order valence-corrected chi connectivity index (χ4v) is 2.62. The third kappa shape index (κ3) is 4.22. The number of benzene rings is 1. The van der Waals surface area contributed by atoms with Gasteiger partial charge in [0.25, 0.3) is 0 Å². The molecule has 26 heavy (non-hydrogen) atoms. The van der Waals surface area contributed by atoms with Crippen molar-refractivity contribution in [2.75, 3.05) is 26.7 Å². The third-order valence-corrected chi connectivity index (χ3v) is 4.15. The Labute approximate surface area is 152 Å². The molecular weight excluding hydrogens is 332 g/mol. The maximum absolute atomic E-state index is 12.1. The molecule has 1 aromatic heterocycles. The van der Waals surface area contributed by atoms with Crippen LogP contribution in [0.4, 0.5) is 4.79 Å². The smallest absolute Gasteiger partial charge is 0.317 e. The zero-order chi connectivity index (χ0) is 18.4. The van der Waals surface area contributed by atoms with Crippen molar-refractivity contribution in [2.24, 2.45) is 0 Å². The third-order valence-electron chi connectivity index (χ3n) is 4.15. The van der Waals surface area contributed by atoms with Gasteiger partial charge in [-0.25, -0.2) is 9.78 Å². The monoisotopic (exact) mass is 352 g/mol. The number of amides is 2. The molecule has 2 heterocycles. The number of methoxy groups -OCH3 is 1. The first-order chi connectivity index (χ1) is 12.7. The highest BCUT2D eigenvalue weighted by atomic mass is 16.5. The molecule has 2 aromatic rings. The summed E-state index contributed by atoms with van der Waals surface area (Å²) in [6, 6.07) is 13.1. The number of nitriles is 1. The Morgan fingerprint density at radius 1 is 1.35 bits per heavy atom. The molecule has 0 radical (unpaired) electrons. The van der Waals surface area contributed by atoms with Crippen LogP contribution in [-0.2, 0) is 6.42 Å². The maximum Gasteiger partial charge on any atom is 0.317 e. The number of rotatable bonds is 6. The number of nitrogens with one attached hydrogen (secondary N) is 1. The lowest BCUT2D eigenvalue weighted by atomic mass is 10.1. The van der Waals surface area contributed by atoms with Crippen LogP contribution >= 0.6 is 0 Å². The van der Waals surface area contributed by atoms with Gasteiger partial charge in [0.05, 0.1) is 20.2 Å². The van der Waals surface area contributed by atoms with Crippen molar-refractivity contribution in [3.8, 4) is 17.7 Å². The van der Waals surface area contributed by atoms with Crippen molar-refractivity contribution in [3.05, 3.63) is 53.7 Å². The van der Waals surface area contributed by atoms with Crippen LogP contribution in [0.1, 0.15) is 11.1 Å². The normalized spacial score (nSPS) is 13.5. The summed E-state index contributed by atoms with van der Waals surface area (Å²) in [6.07, 6.45) is 2.20. The van der Waals surface area contributed by atoms with Gasteiger partial charge in [0.1, 0.15) is 23.5 Å². The van der Waals surface area contributed by atoms with E-state index in [0.717, 1.165) is 17.7 Å². The average Bonchev–Trinajstić information content (AvgIpc) is 2.65. The summed E-state index contributed by atoms with van der Waals surface area (Å²) >= 11 is 0. The number of pyridine rings is 1. The molecule has 134 valence electrons. The molecule has 7 nitrogen and oxygen atoms in total. The van der Waals surface area contributed by atoms with Gasteiger partial charge in [-0.05, 0) is 36.2 Å². The second-order valence-electron chi connectivity index (χ2n) is 5.94. The number of ether oxygens (including phenoxy) is 2. The second-order valence-corrected chi connectivity index (χ2v) is 5.94. The molecule has 0 unspecified atom stereocenters. The van der Waals surface area contributed by atoms with Gasteiger partial charge in [-0.2, -0.15) is 5.26 Å². The summed E-state index contributed by atoms with van der Waals surface area (Å²) < 4.78 is 10.8. The largest absolute Gasteiger partial charge is 0.497 e. The highest BCUT2D eigenvalue weighted by molar-refractivity contribution is 5.75. The molecule has 1 fully saturated rings. The van der Waals surface area contributed by atoms with E-state index in [9.17, 15) is 4.79 Å². The van der Waals surface area contributed by atoms with Gasteiger partial charge in [0.15, 0.2) is 0 Å². The van der Waals surface area contributed by atoms with E-state index in [1.54, 1.807) is 30.3 Å². The first-order valence-corrected chi connectivity index (χ1v) is 8.37. The average molecular weight is 352 g/mol. The molecule has 7 heteroatoms. The predicted octanol–water partition coefficient (Wildman–Crippen LogP) is 1.98. The number of aromatic nitrogens is 1. The lowest BCUT2D eigenvalue weighted by molar-refractivity contribution is 0.0413. The fraction of sp³-hybridized carbons (Fsp3) is 0.316.